The Morgan fingerprint density at radius 1 is 1.19 bits per heavy atom. The van der Waals surface area contributed by atoms with Gasteiger partial charge in [0.2, 0.25) is 0 Å². The van der Waals surface area contributed by atoms with Crippen LogP contribution in [0.5, 0.6) is 0 Å². The SMILES string of the molecule is NC(=O)c1cc(N2CCc3ccccc3C2)c(F)cc1N. The number of carbonyl (C=O) groups excluding carboxylic acids is 1. The van der Waals surface area contributed by atoms with Crippen LogP contribution in [0.2, 0.25) is 0 Å². The predicted octanol–water partition coefficient (Wildman–Crippen LogP) is 2.07. The Labute approximate surface area is 122 Å². The molecule has 1 amide bonds. The summed E-state index contributed by atoms with van der Waals surface area (Å²) < 4.78 is 14.2. The molecule has 1 aliphatic heterocycles. The molecule has 0 saturated carbocycles. The summed E-state index contributed by atoms with van der Waals surface area (Å²) >= 11 is 0. The first-order valence-corrected chi connectivity index (χ1v) is 6.77. The molecule has 108 valence electrons. The summed E-state index contributed by atoms with van der Waals surface area (Å²) in [4.78, 5) is 13.3. The lowest BCUT2D eigenvalue weighted by molar-refractivity contribution is 0.100. The number of benzene rings is 2. The monoisotopic (exact) mass is 285 g/mol. The molecule has 0 atom stereocenters. The lowest BCUT2D eigenvalue weighted by Gasteiger charge is -2.31. The van der Waals surface area contributed by atoms with Gasteiger partial charge in [-0.25, -0.2) is 4.39 Å². The van der Waals surface area contributed by atoms with Crippen molar-refractivity contribution in [3.8, 4) is 0 Å². The van der Waals surface area contributed by atoms with Crippen molar-refractivity contribution in [1.82, 2.24) is 0 Å². The van der Waals surface area contributed by atoms with Gasteiger partial charge < -0.3 is 16.4 Å². The number of amides is 1. The van der Waals surface area contributed by atoms with Gasteiger partial charge in [-0.2, -0.15) is 0 Å². The minimum Gasteiger partial charge on any atom is -0.398 e. The number of nitrogen functional groups attached to an aromatic ring is 1. The number of primary amides is 1. The van der Waals surface area contributed by atoms with Gasteiger partial charge in [-0.15, -0.1) is 0 Å². The van der Waals surface area contributed by atoms with Crippen molar-refractivity contribution >= 4 is 17.3 Å². The highest BCUT2D eigenvalue weighted by Crippen LogP contribution is 2.29. The van der Waals surface area contributed by atoms with Crippen molar-refractivity contribution in [2.75, 3.05) is 17.2 Å². The van der Waals surface area contributed by atoms with Crippen molar-refractivity contribution in [2.24, 2.45) is 5.73 Å². The van der Waals surface area contributed by atoms with Crippen LogP contribution in [0.15, 0.2) is 36.4 Å². The molecule has 0 fully saturated rings. The molecule has 21 heavy (non-hydrogen) atoms. The summed E-state index contributed by atoms with van der Waals surface area (Å²) in [6.45, 7) is 1.30. The number of hydrogen-bond acceptors (Lipinski definition) is 3. The molecule has 3 rings (SSSR count). The highest BCUT2D eigenvalue weighted by molar-refractivity contribution is 5.99. The molecule has 0 unspecified atom stereocenters. The lowest BCUT2D eigenvalue weighted by atomic mass is 9.99. The number of nitrogens with two attached hydrogens (primary N) is 2. The zero-order valence-electron chi connectivity index (χ0n) is 11.5. The van der Waals surface area contributed by atoms with Gasteiger partial charge in [-0.05, 0) is 29.7 Å². The summed E-state index contributed by atoms with van der Waals surface area (Å²) in [5.41, 5.74) is 14.0. The number of halogens is 1. The van der Waals surface area contributed by atoms with Crippen LogP contribution in [0.4, 0.5) is 15.8 Å². The van der Waals surface area contributed by atoms with Gasteiger partial charge in [0.15, 0.2) is 0 Å². The molecule has 1 aliphatic rings. The van der Waals surface area contributed by atoms with E-state index in [1.165, 1.54) is 17.2 Å². The van der Waals surface area contributed by atoms with E-state index in [2.05, 4.69) is 6.07 Å². The quantitative estimate of drug-likeness (QED) is 0.830. The van der Waals surface area contributed by atoms with E-state index < -0.39 is 11.7 Å². The maximum absolute atomic E-state index is 14.2. The van der Waals surface area contributed by atoms with Crippen LogP contribution in [0.1, 0.15) is 21.5 Å². The van der Waals surface area contributed by atoms with E-state index in [4.69, 9.17) is 11.5 Å². The van der Waals surface area contributed by atoms with Crippen LogP contribution in [0.3, 0.4) is 0 Å². The highest BCUT2D eigenvalue weighted by Gasteiger charge is 2.21. The Bertz CT molecular complexity index is 715. The minimum absolute atomic E-state index is 0.0705. The fourth-order valence-electron chi connectivity index (χ4n) is 2.73. The third kappa shape index (κ3) is 2.42. The molecular weight excluding hydrogens is 269 g/mol. The summed E-state index contributed by atoms with van der Waals surface area (Å²) in [7, 11) is 0. The normalized spacial score (nSPS) is 13.9. The molecule has 0 saturated heterocycles. The van der Waals surface area contributed by atoms with Crippen LogP contribution < -0.4 is 16.4 Å². The van der Waals surface area contributed by atoms with Gasteiger partial charge in [0, 0.05) is 18.8 Å². The first-order valence-electron chi connectivity index (χ1n) is 6.77. The first-order chi connectivity index (χ1) is 10.1. The van der Waals surface area contributed by atoms with Crippen molar-refractivity contribution in [1.29, 1.82) is 0 Å². The van der Waals surface area contributed by atoms with Gasteiger partial charge in [0.1, 0.15) is 5.82 Å². The molecule has 4 N–H and O–H groups in total. The zero-order chi connectivity index (χ0) is 15.0. The van der Waals surface area contributed by atoms with E-state index in [1.54, 1.807) is 0 Å². The van der Waals surface area contributed by atoms with E-state index in [1.807, 2.05) is 23.1 Å². The molecule has 5 heteroatoms. The molecule has 0 radical (unpaired) electrons. The molecule has 4 nitrogen and oxygen atoms in total. The van der Waals surface area contributed by atoms with E-state index in [-0.39, 0.29) is 11.3 Å². The Morgan fingerprint density at radius 2 is 1.90 bits per heavy atom. The Morgan fingerprint density at radius 3 is 2.62 bits per heavy atom. The summed E-state index contributed by atoms with van der Waals surface area (Å²) in [5, 5.41) is 0. The van der Waals surface area contributed by atoms with Gasteiger partial charge in [0.25, 0.3) is 5.91 Å². The maximum Gasteiger partial charge on any atom is 0.250 e. The molecule has 0 spiro atoms. The van der Waals surface area contributed by atoms with Gasteiger partial charge in [-0.3, -0.25) is 4.79 Å². The lowest BCUT2D eigenvalue weighted by Crippen LogP contribution is -2.31. The van der Waals surface area contributed by atoms with Crippen LogP contribution >= 0.6 is 0 Å². The number of anilines is 2. The topological polar surface area (TPSA) is 72.4 Å². The van der Waals surface area contributed by atoms with Gasteiger partial charge in [0.05, 0.1) is 11.3 Å². The Balaban J connectivity index is 1.98. The summed E-state index contributed by atoms with van der Waals surface area (Å²) in [5.74, 6) is -1.08. The van der Waals surface area contributed by atoms with Crippen molar-refractivity contribution in [3.05, 3.63) is 58.9 Å². The van der Waals surface area contributed by atoms with Crippen molar-refractivity contribution < 1.29 is 9.18 Å². The molecule has 2 aromatic carbocycles. The van der Waals surface area contributed by atoms with Gasteiger partial charge >= 0.3 is 0 Å². The van der Waals surface area contributed by atoms with Crippen molar-refractivity contribution in [3.63, 3.8) is 0 Å². The minimum atomic E-state index is -0.647. The highest BCUT2D eigenvalue weighted by atomic mass is 19.1. The molecule has 0 aliphatic carbocycles. The molecule has 2 aromatic rings. The average Bonchev–Trinajstić information content (AvgIpc) is 2.46. The standard InChI is InChI=1S/C16H16FN3O/c17-13-8-14(18)12(16(19)21)7-15(13)20-6-5-10-3-1-2-4-11(10)9-20/h1-4,7-8H,5-6,9,18H2,(H2,19,21). The fourth-order valence-corrected chi connectivity index (χ4v) is 2.73. The van der Waals surface area contributed by atoms with E-state index in [0.29, 0.717) is 18.8 Å². The van der Waals surface area contributed by atoms with Crippen LogP contribution in [-0.4, -0.2) is 12.5 Å². The number of nitrogens with zero attached hydrogens (tertiary/aromatic N) is 1. The summed E-state index contributed by atoms with van der Waals surface area (Å²) in [6.07, 6.45) is 0.839. The average molecular weight is 285 g/mol. The molecule has 0 bridgehead atoms. The second-order valence-corrected chi connectivity index (χ2v) is 5.20. The third-order valence-electron chi connectivity index (χ3n) is 3.86. The fraction of sp³-hybridized carbons (Fsp3) is 0.188. The van der Waals surface area contributed by atoms with Gasteiger partial charge in [-0.1, -0.05) is 24.3 Å². The molecule has 0 aromatic heterocycles. The second kappa shape index (κ2) is 5.09. The van der Waals surface area contributed by atoms with E-state index in [0.717, 1.165) is 12.5 Å². The smallest absolute Gasteiger partial charge is 0.250 e. The van der Waals surface area contributed by atoms with Crippen LogP contribution in [-0.2, 0) is 13.0 Å². The Hall–Kier alpha value is -2.56. The van der Waals surface area contributed by atoms with Crippen LogP contribution in [0, 0.1) is 5.82 Å². The predicted molar refractivity (Wildman–Crippen MR) is 80.5 cm³/mol. The number of hydrogen-bond donors (Lipinski definition) is 2. The number of fused-ring (bicyclic) bond motifs is 1. The molecule has 1 heterocycles. The third-order valence-corrected chi connectivity index (χ3v) is 3.86. The van der Waals surface area contributed by atoms with E-state index >= 15 is 0 Å². The first kappa shape index (κ1) is 13.4. The number of carbonyl (C=O) groups is 1. The largest absolute Gasteiger partial charge is 0.398 e. The second-order valence-electron chi connectivity index (χ2n) is 5.20. The van der Waals surface area contributed by atoms with Crippen LogP contribution in [0.25, 0.3) is 0 Å². The molecular formula is C16H16FN3O. The van der Waals surface area contributed by atoms with Crippen molar-refractivity contribution in [2.45, 2.75) is 13.0 Å². The maximum atomic E-state index is 14.2. The zero-order valence-corrected chi connectivity index (χ0v) is 11.5. The number of rotatable bonds is 2. The Kier molecular flexibility index (Phi) is 3.25. The van der Waals surface area contributed by atoms with E-state index in [9.17, 15) is 9.18 Å². The summed E-state index contributed by atoms with van der Waals surface area (Å²) in [6, 6.07) is 10.7.